The topological polar surface area (TPSA) is 44.7 Å². The average molecular weight is 262 g/mol. The van der Waals surface area contributed by atoms with Gasteiger partial charge < -0.3 is 15.2 Å². The second-order valence-electron chi connectivity index (χ2n) is 6.17. The zero-order valence-corrected chi connectivity index (χ0v) is 11.9. The Morgan fingerprint density at radius 1 is 1.50 bits per heavy atom. The Bertz CT molecular complexity index is 246. The molecule has 4 nitrogen and oxygen atoms in total. The number of halogens is 1. The summed E-state index contributed by atoms with van der Waals surface area (Å²) in [7, 11) is 1.56. The Balaban J connectivity index is 2.36. The van der Waals surface area contributed by atoms with Crippen molar-refractivity contribution in [3.63, 3.8) is 0 Å². The van der Waals surface area contributed by atoms with Gasteiger partial charge in [-0.3, -0.25) is 4.90 Å². The van der Waals surface area contributed by atoms with Gasteiger partial charge in [-0.15, -0.1) is 0 Å². The van der Waals surface area contributed by atoms with Gasteiger partial charge >= 0.3 is 0 Å². The van der Waals surface area contributed by atoms with Gasteiger partial charge in [-0.1, -0.05) is 0 Å². The standard InChI is InChI=1S/C13H27FN2O2/c1-13(2,3)15-12-5-6-16(8-11(12)14)7-10(17)9-18-4/h10-12,15,17H,5-9H2,1-4H3. The molecule has 18 heavy (non-hydrogen) atoms. The van der Waals surface area contributed by atoms with Gasteiger partial charge in [-0.05, 0) is 33.7 Å². The molecule has 1 rings (SSSR count). The summed E-state index contributed by atoms with van der Waals surface area (Å²) in [6, 6.07) is -0.0826. The molecule has 3 atom stereocenters. The molecule has 1 aliphatic heterocycles. The molecule has 0 aromatic rings. The molecule has 1 aliphatic rings. The van der Waals surface area contributed by atoms with E-state index in [9.17, 15) is 9.50 Å². The zero-order valence-electron chi connectivity index (χ0n) is 11.9. The fraction of sp³-hybridized carbons (Fsp3) is 1.00. The minimum absolute atomic E-state index is 0.0628. The first-order chi connectivity index (χ1) is 8.31. The van der Waals surface area contributed by atoms with Crippen LogP contribution in [0.5, 0.6) is 0 Å². The van der Waals surface area contributed by atoms with Crippen molar-refractivity contribution < 1.29 is 14.2 Å². The third-order valence-electron chi connectivity index (χ3n) is 3.07. The summed E-state index contributed by atoms with van der Waals surface area (Å²) in [6.07, 6.45) is -0.639. The highest BCUT2D eigenvalue weighted by Crippen LogP contribution is 2.17. The molecule has 1 fully saturated rings. The number of ether oxygens (including phenoxy) is 1. The number of nitrogens with one attached hydrogen (secondary N) is 1. The van der Waals surface area contributed by atoms with Crippen LogP contribution in [-0.4, -0.2) is 67.2 Å². The maximum absolute atomic E-state index is 14.0. The first-order valence-corrected chi connectivity index (χ1v) is 6.63. The number of nitrogens with zero attached hydrogens (tertiary/aromatic N) is 1. The van der Waals surface area contributed by atoms with Crippen molar-refractivity contribution in [2.24, 2.45) is 0 Å². The van der Waals surface area contributed by atoms with E-state index in [0.717, 1.165) is 13.0 Å². The fourth-order valence-corrected chi connectivity index (χ4v) is 2.40. The van der Waals surface area contributed by atoms with E-state index < -0.39 is 12.3 Å². The van der Waals surface area contributed by atoms with E-state index in [0.29, 0.717) is 19.7 Å². The van der Waals surface area contributed by atoms with Gasteiger partial charge in [0.1, 0.15) is 6.17 Å². The molecular formula is C13H27FN2O2. The monoisotopic (exact) mass is 262 g/mol. The number of rotatable bonds is 5. The largest absolute Gasteiger partial charge is 0.389 e. The Morgan fingerprint density at radius 2 is 2.17 bits per heavy atom. The third kappa shape index (κ3) is 5.61. The van der Waals surface area contributed by atoms with Crippen LogP contribution in [0.15, 0.2) is 0 Å². The number of likely N-dealkylation sites (tertiary alicyclic amines) is 1. The van der Waals surface area contributed by atoms with Gasteiger partial charge in [0.15, 0.2) is 0 Å². The maximum atomic E-state index is 14.0. The van der Waals surface area contributed by atoms with Crippen molar-refractivity contribution in [1.82, 2.24) is 10.2 Å². The zero-order chi connectivity index (χ0) is 13.8. The summed E-state index contributed by atoms with van der Waals surface area (Å²) in [5.74, 6) is 0. The predicted molar refractivity (Wildman–Crippen MR) is 70.5 cm³/mol. The van der Waals surface area contributed by atoms with Crippen molar-refractivity contribution >= 4 is 0 Å². The van der Waals surface area contributed by atoms with Crippen molar-refractivity contribution in [2.45, 2.75) is 51.0 Å². The number of hydrogen-bond donors (Lipinski definition) is 2. The Morgan fingerprint density at radius 3 is 2.67 bits per heavy atom. The van der Waals surface area contributed by atoms with Crippen LogP contribution in [-0.2, 0) is 4.74 Å². The molecule has 0 saturated carbocycles. The quantitative estimate of drug-likeness (QED) is 0.769. The van der Waals surface area contributed by atoms with Crippen LogP contribution >= 0.6 is 0 Å². The summed E-state index contributed by atoms with van der Waals surface area (Å²) in [4.78, 5) is 1.97. The van der Waals surface area contributed by atoms with Gasteiger partial charge in [0, 0.05) is 31.8 Å². The Kier molecular flexibility index (Phi) is 5.98. The molecule has 2 N–H and O–H groups in total. The minimum Gasteiger partial charge on any atom is -0.389 e. The lowest BCUT2D eigenvalue weighted by molar-refractivity contribution is 0.0149. The van der Waals surface area contributed by atoms with E-state index in [4.69, 9.17) is 4.74 Å². The first-order valence-electron chi connectivity index (χ1n) is 6.63. The van der Waals surface area contributed by atoms with E-state index in [-0.39, 0.29) is 11.6 Å². The second kappa shape index (κ2) is 6.80. The highest BCUT2D eigenvalue weighted by atomic mass is 19.1. The van der Waals surface area contributed by atoms with E-state index in [1.807, 2.05) is 4.90 Å². The average Bonchev–Trinajstić information content (AvgIpc) is 2.21. The van der Waals surface area contributed by atoms with Crippen LogP contribution in [0.2, 0.25) is 0 Å². The van der Waals surface area contributed by atoms with E-state index in [2.05, 4.69) is 26.1 Å². The molecule has 1 saturated heterocycles. The highest BCUT2D eigenvalue weighted by molar-refractivity contribution is 4.89. The molecule has 1 heterocycles. The summed E-state index contributed by atoms with van der Waals surface area (Å²) >= 11 is 0. The molecule has 0 spiro atoms. The SMILES string of the molecule is COCC(O)CN1CCC(NC(C)(C)C)C(F)C1. The molecule has 108 valence electrons. The summed E-state index contributed by atoms with van der Waals surface area (Å²) in [5.41, 5.74) is -0.0628. The second-order valence-corrected chi connectivity index (χ2v) is 6.17. The normalized spacial score (nSPS) is 28.3. The Labute approximate surface area is 109 Å². The van der Waals surface area contributed by atoms with Crippen LogP contribution < -0.4 is 5.32 Å². The lowest BCUT2D eigenvalue weighted by Gasteiger charge is -2.39. The number of β-amino-alcohol motifs (C(OH)–C–C–N with tert-alkyl or cyclic N) is 1. The smallest absolute Gasteiger partial charge is 0.128 e. The highest BCUT2D eigenvalue weighted by Gasteiger charge is 2.31. The van der Waals surface area contributed by atoms with E-state index >= 15 is 0 Å². The van der Waals surface area contributed by atoms with Gasteiger partial charge in [0.2, 0.25) is 0 Å². The number of piperidine rings is 1. The van der Waals surface area contributed by atoms with Crippen molar-refractivity contribution in [1.29, 1.82) is 0 Å². The minimum atomic E-state index is -0.882. The number of hydrogen-bond acceptors (Lipinski definition) is 4. The van der Waals surface area contributed by atoms with Crippen LogP contribution in [0, 0.1) is 0 Å². The summed E-state index contributed by atoms with van der Waals surface area (Å²) in [6.45, 7) is 8.13. The summed E-state index contributed by atoms with van der Waals surface area (Å²) < 4.78 is 18.9. The molecule has 0 aromatic heterocycles. The summed E-state index contributed by atoms with van der Waals surface area (Å²) in [5, 5.41) is 13.0. The van der Waals surface area contributed by atoms with Crippen molar-refractivity contribution in [3.8, 4) is 0 Å². The maximum Gasteiger partial charge on any atom is 0.128 e. The molecular weight excluding hydrogens is 235 g/mol. The first kappa shape index (κ1) is 15.8. The molecule has 0 aliphatic carbocycles. The Hall–Kier alpha value is -0.230. The van der Waals surface area contributed by atoms with E-state index in [1.165, 1.54) is 0 Å². The predicted octanol–water partition coefficient (Wildman–Crippen LogP) is 0.794. The number of methoxy groups -OCH3 is 1. The molecule has 0 radical (unpaired) electrons. The number of aliphatic hydroxyl groups is 1. The molecule has 0 aromatic carbocycles. The van der Waals surface area contributed by atoms with E-state index in [1.54, 1.807) is 7.11 Å². The third-order valence-corrected chi connectivity index (χ3v) is 3.07. The van der Waals surface area contributed by atoms with Gasteiger partial charge in [0.05, 0.1) is 12.7 Å². The number of alkyl halides is 1. The van der Waals surface area contributed by atoms with Crippen LogP contribution in [0.25, 0.3) is 0 Å². The van der Waals surface area contributed by atoms with Crippen LogP contribution in [0.4, 0.5) is 4.39 Å². The fourth-order valence-electron chi connectivity index (χ4n) is 2.40. The van der Waals surface area contributed by atoms with Crippen molar-refractivity contribution in [3.05, 3.63) is 0 Å². The van der Waals surface area contributed by atoms with Gasteiger partial charge in [0.25, 0.3) is 0 Å². The molecule has 3 unspecified atom stereocenters. The van der Waals surface area contributed by atoms with Gasteiger partial charge in [-0.2, -0.15) is 0 Å². The lowest BCUT2D eigenvalue weighted by atomic mass is 9.98. The lowest BCUT2D eigenvalue weighted by Crippen LogP contribution is -2.56. The molecule has 5 heteroatoms. The molecule has 0 amide bonds. The van der Waals surface area contributed by atoms with Crippen LogP contribution in [0.3, 0.4) is 0 Å². The van der Waals surface area contributed by atoms with Gasteiger partial charge in [-0.25, -0.2) is 4.39 Å². The van der Waals surface area contributed by atoms with Crippen LogP contribution in [0.1, 0.15) is 27.2 Å². The number of aliphatic hydroxyl groups excluding tert-OH is 1. The molecule has 0 bridgehead atoms. The van der Waals surface area contributed by atoms with Crippen molar-refractivity contribution in [2.75, 3.05) is 33.4 Å².